The number of carbonyl (C=O) groups excluding carboxylic acids is 2. The Balaban J connectivity index is 2.07. The predicted molar refractivity (Wildman–Crippen MR) is 99.3 cm³/mol. The van der Waals surface area contributed by atoms with Crippen molar-refractivity contribution in [2.45, 2.75) is 26.2 Å². The van der Waals surface area contributed by atoms with Crippen LogP contribution in [0.4, 0.5) is 10.8 Å². The number of non-ortho nitro benzene ring substituents is 1. The topological polar surface area (TPSA) is 105 Å². The summed E-state index contributed by atoms with van der Waals surface area (Å²) in [7, 11) is 0. The third kappa shape index (κ3) is 5.62. The lowest BCUT2D eigenvalue weighted by molar-refractivity contribution is -0.384. The van der Waals surface area contributed by atoms with E-state index in [1.807, 2.05) is 0 Å². The maximum atomic E-state index is 12.7. The Kier molecular flexibility index (Phi) is 7.22. The van der Waals surface area contributed by atoms with Crippen LogP contribution in [0.15, 0.2) is 35.8 Å². The number of hydrogen-bond acceptors (Lipinski definition) is 6. The van der Waals surface area contributed by atoms with Gasteiger partial charge in [-0.15, -0.1) is 11.3 Å². The van der Waals surface area contributed by atoms with Crippen LogP contribution >= 0.6 is 11.3 Å². The maximum absolute atomic E-state index is 12.7. The third-order valence-corrected chi connectivity index (χ3v) is 4.35. The molecule has 1 heterocycles. The minimum Gasteiger partial charge on any atom is -0.329 e. The van der Waals surface area contributed by atoms with Gasteiger partial charge in [0.25, 0.3) is 11.6 Å². The van der Waals surface area contributed by atoms with Crippen molar-refractivity contribution in [2.24, 2.45) is 0 Å². The normalized spacial score (nSPS) is 10.3. The molecule has 1 N–H and O–H groups in total. The fraction of sp³-hybridized carbons (Fsp3) is 0.353. The standard InChI is InChI=1S/C17H20N4O4S/c1-2-3-4-10-20(12-15(22)19-17-18-9-11-26-17)16(23)13-5-7-14(8-6-13)21(24)25/h5-9,11H,2-4,10,12H2,1H3,(H,18,19,22). The molecular formula is C17H20N4O4S. The molecule has 1 aromatic heterocycles. The Morgan fingerprint density at radius 2 is 2.00 bits per heavy atom. The van der Waals surface area contributed by atoms with Gasteiger partial charge in [-0.2, -0.15) is 0 Å². The van der Waals surface area contributed by atoms with Crippen LogP contribution in [0.2, 0.25) is 0 Å². The SMILES string of the molecule is CCCCCN(CC(=O)Nc1nccs1)C(=O)c1ccc([N+](=O)[O-])cc1. The number of nitro benzene ring substituents is 1. The number of thiazole rings is 1. The summed E-state index contributed by atoms with van der Waals surface area (Å²) in [6.07, 6.45) is 4.30. The molecule has 0 unspecified atom stereocenters. The van der Waals surface area contributed by atoms with Crippen molar-refractivity contribution < 1.29 is 14.5 Å². The highest BCUT2D eigenvalue weighted by Crippen LogP contribution is 2.15. The van der Waals surface area contributed by atoms with Gasteiger partial charge in [-0.1, -0.05) is 19.8 Å². The zero-order chi connectivity index (χ0) is 18.9. The van der Waals surface area contributed by atoms with Gasteiger partial charge in [-0.3, -0.25) is 19.7 Å². The van der Waals surface area contributed by atoms with Gasteiger partial charge in [0, 0.05) is 35.8 Å². The second-order valence-electron chi connectivity index (χ2n) is 5.62. The van der Waals surface area contributed by atoms with E-state index in [9.17, 15) is 19.7 Å². The summed E-state index contributed by atoms with van der Waals surface area (Å²) in [6.45, 7) is 2.39. The zero-order valence-corrected chi connectivity index (χ0v) is 15.2. The molecule has 0 fully saturated rings. The summed E-state index contributed by atoms with van der Waals surface area (Å²) < 4.78 is 0. The number of hydrogen-bond donors (Lipinski definition) is 1. The highest BCUT2D eigenvalue weighted by Gasteiger charge is 2.20. The molecule has 0 bridgehead atoms. The van der Waals surface area contributed by atoms with Gasteiger partial charge < -0.3 is 10.2 Å². The second kappa shape index (κ2) is 9.62. The van der Waals surface area contributed by atoms with Crippen LogP contribution in [0.25, 0.3) is 0 Å². The van der Waals surface area contributed by atoms with E-state index in [0.29, 0.717) is 17.2 Å². The summed E-state index contributed by atoms with van der Waals surface area (Å²) in [5, 5.41) is 15.6. The quantitative estimate of drug-likeness (QED) is 0.410. The van der Waals surface area contributed by atoms with Crippen LogP contribution in [0, 0.1) is 10.1 Å². The molecule has 2 rings (SSSR count). The van der Waals surface area contributed by atoms with E-state index in [1.54, 1.807) is 11.6 Å². The zero-order valence-electron chi connectivity index (χ0n) is 14.4. The molecule has 0 spiro atoms. The Morgan fingerprint density at radius 3 is 2.58 bits per heavy atom. The van der Waals surface area contributed by atoms with Crippen molar-refractivity contribution >= 4 is 34.0 Å². The molecule has 0 radical (unpaired) electrons. The number of aromatic nitrogens is 1. The smallest absolute Gasteiger partial charge is 0.269 e. The molecule has 0 saturated heterocycles. The molecule has 8 nitrogen and oxygen atoms in total. The average Bonchev–Trinajstić information content (AvgIpc) is 3.13. The van der Waals surface area contributed by atoms with Gasteiger partial charge in [0.05, 0.1) is 4.92 Å². The largest absolute Gasteiger partial charge is 0.329 e. The van der Waals surface area contributed by atoms with E-state index in [4.69, 9.17) is 0 Å². The molecule has 9 heteroatoms. The van der Waals surface area contributed by atoms with Crippen LogP contribution in [0.5, 0.6) is 0 Å². The molecule has 0 saturated carbocycles. The lowest BCUT2D eigenvalue weighted by atomic mass is 10.1. The van der Waals surface area contributed by atoms with Gasteiger partial charge in [0.15, 0.2) is 5.13 Å². The summed E-state index contributed by atoms with van der Waals surface area (Å²) in [6, 6.07) is 5.39. The van der Waals surface area contributed by atoms with Crippen molar-refractivity contribution in [3.05, 3.63) is 51.5 Å². The first-order valence-corrected chi connectivity index (χ1v) is 9.12. The number of amides is 2. The summed E-state index contributed by atoms with van der Waals surface area (Å²) >= 11 is 1.30. The molecule has 1 aromatic carbocycles. The van der Waals surface area contributed by atoms with Crippen LogP contribution in [0.3, 0.4) is 0 Å². The second-order valence-corrected chi connectivity index (χ2v) is 6.52. The number of rotatable bonds is 9. The average molecular weight is 376 g/mol. The van der Waals surface area contributed by atoms with E-state index < -0.39 is 4.92 Å². The molecule has 26 heavy (non-hydrogen) atoms. The Bertz CT molecular complexity index is 747. The summed E-state index contributed by atoms with van der Waals surface area (Å²) in [5.41, 5.74) is 0.231. The number of benzene rings is 1. The Labute approximate surface area is 155 Å². The minimum atomic E-state index is -0.519. The molecular weight excluding hydrogens is 356 g/mol. The van der Waals surface area contributed by atoms with Crippen molar-refractivity contribution in [1.29, 1.82) is 0 Å². The molecule has 0 atom stereocenters. The molecule has 2 aromatic rings. The number of nitro groups is 1. The maximum Gasteiger partial charge on any atom is 0.269 e. The first-order chi connectivity index (χ1) is 12.5. The van der Waals surface area contributed by atoms with Crippen LogP contribution in [-0.4, -0.2) is 39.7 Å². The number of unbranched alkanes of at least 4 members (excludes halogenated alkanes) is 2. The van der Waals surface area contributed by atoms with Gasteiger partial charge in [-0.05, 0) is 18.6 Å². The highest BCUT2D eigenvalue weighted by molar-refractivity contribution is 7.13. The van der Waals surface area contributed by atoms with E-state index in [0.717, 1.165) is 19.3 Å². The predicted octanol–water partition coefficient (Wildman–Crippen LogP) is 3.32. The van der Waals surface area contributed by atoms with E-state index in [-0.39, 0.29) is 24.0 Å². The Morgan fingerprint density at radius 1 is 1.27 bits per heavy atom. The fourth-order valence-corrected chi connectivity index (χ4v) is 2.88. The van der Waals surface area contributed by atoms with Gasteiger partial charge in [-0.25, -0.2) is 4.98 Å². The number of nitrogens with zero attached hydrogens (tertiary/aromatic N) is 3. The minimum absolute atomic E-state index is 0.0828. The monoisotopic (exact) mass is 376 g/mol. The lowest BCUT2D eigenvalue weighted by Crippen LogP contribution is -2.38. The number of anilines is 1. The van der Waals surface area contributed by atoms with Crippen molar-refractivity contribution in [3.63, 3.8) is 0 Å². The number of carbonyl (C=O) groups is 2. The molecule has 0 aliphatic carbocycles. The lowest BCUT2D eigenvalue weighted by Gasteiger charge is -2.22. The van der Waals surface area contributed by atoms with Crippen molar-refractivity contribution in [1.82, 2.24) is 9.88 Å². The van der Waals surface area contributed by atoms with Crippen molar-refractivity contribution in [3.8, 4) is 0 Å². The highest BCUT2D eigenvalue weighted by atomic mass is 32.1. The van der Waals surface area contributed by atoms with E-state index in [1.165, 1.54) is 40.5 Å². The fourth-order valence-electron chi connectivity index (χ4n) is 2.33. The third-order valence-electron chi connectivity index (χ3n) is 3.66. The van der Waals surface area contributed by atoms with E-state index >= 15 is 0 Å². The van der Waals surface area contributed by atoms with Crippen LogP contribution in [0.1, 0.15) is 36.5 Å². The van der Waals surface area contributed by atoms with Gasteiger partial charge in [0.2, 0.25) is 5.91 Å². The number of nitrogens with one attached hydrogen (secondary N) is 1. The first kappa shape index (κ1) is 19.5. The van der Waals surface area contributed by atoms with Crippen LogP contribution in [-0.2, 0) is 4.79 Å². The first-order valence-electron chi connectivity index (χ1n) is 8.24. The molecule has 138 valence electrons. The summed E-state index contributed by atoms with van der Waals surface area (Å²) in [5.74, 6) is -0.656. The Hall–Kier alpha value is -2.81. The van der Waals surface area contributed by atoms with Crippen LogP contribution < -0.4 is 5.32 Å². The molecule has 0 aliphatic heterocycles. The van der Waals surface area contributed by atoms with E-state index in [2.05, 4.69) is 17.2 Å². The summed E-state index contributed by atoms with van der Waals surface area (Å²) in [4.78, 5) is 40.6. The van der Waals surface area contributed by atoms with Crippen molar-refractivity contribution in [2.75, 3.05) is 18.4 Å². The van der Waals surface area contributed by atoms with Gasteiger partial charge >= 0.3 is 0 Å². The molecule has 0 aliphatic rings. The van der Waals surface area contributed by atoms with Gasteiger partial charge in [0.1, 0.15) is 6.54 Å². The molecule has 2 amide bonds.